The molecule has 1 aromatic heterocycles. The number of aromatic nitrogens is 2. The summed E-state index contributed by atoms with van der Waals surface area (Å²) in [6, 6.07) is 15.7. The summed E-state index contributed by atoms with van der Waals surface area (Å²) >= 11 is 0. The maximum atomic E-state index is 12.5. The lowest BCUT2D eigenvalue weighted by Gasteiger charge is -2.05. The van der Waals surface area contributed by atoms with Crippen molar-refractivity contribution in [2.24, 2.45) is 0 Å². The van der Waals surface area contributed by atoms with E-state index in [-0.39, 0.29) is 5.69 Å². The molecule has 0 aliphatic rings. The molecule has 0 fully saturated rings. The zero-order valence-corrected chi connectivity index (χ0v) is 12.2. The second kappa shape index (κ2) is 5.48. The second-order valence-electron chi connectivity index (χ2n) is 4.95. The quantitative estimate of drug-likeness (QED) is 0.737. The van der Waals surface area contributed by atoms with Gasteiger partial charge in [-0.3, -0.25) is 9.13 Å². The Morgan fingerprint density at radius 3 is 2.14 bits per heavy atom. The molecule has 1 heterocycles. The lowest BCUT2D eigenvalue weighted by atomic mass is 10.2. The highest BCUT2D eigenvalue weighted by Crippen LogP contribution is 2.16. The number of imidazole rings is 1. The molecule has 3 aromatic rings. The number of fused-ring (bicyclic) bond motifs is 1. The van der Waals surface area contributed by atoms with E-state index < -0.39 is 0 Å². The second-order valence-corrected chi connectivity index (χ2v) is 4.95. The molecule has 2 aromatic carbocycles. The van der Waals surface area contributed by atoms with Crippen molar-refractivity contribution in [1.82, 2.24) is 9.13 Å². The third-order valence-electron chi connectivity index (χ3n) is 3.74. The fourth-order valence-corrected chi connectivity index (χ4v) is 2.64. The first-order chi connectivity index (χ1) is 10.2. The van der Waals surface area contributed by atoms with Crippen LogP contribution in [0.3, 0.4) is 0 Å². The Morgan fingerprint density at radius 1 is 0.952 bits per heavy atom. The van der Waals surface area contributed by atoms with Crippen molar-refractivity contribution in [2.45, 2.75) is 20.0 Å². The van der Waals surface area contributed by atoms with Gasteiger partial charge in [-0.2, -0.15) is 0 Å². The fraction of sp³-hybridized carbons (Fsp3) is 0.235. The van der Waals surface area contributed by atoms with Crippen LogP contribution >= 0.6 is 0 Å². The van der Waals surface area contributed by atoms with Gasteiger partial charge in [0.05, 0.1) is 24.7 Å². The van der Waals surface area contributed by atoms with Gasteiger partial charge in [0.1, 0.15) is 5.75 Å². The number of aryl methyl sites for hydroxylation is 1. The molecule has 0 unspecified atom stereocenters. The summed E-state index contributed by atoms with van der Waals surface area (Å²) in [6.45, 7) is 3.23. The molecule has 0 atom stereocenters. The Morgan fingerprint density at radius 2 is 1.57 bits per heavy atom. The summed E-state index contributed by atoms with van der Waals surface area (Å²) in [7, 11) is 1.65. The third kappa shape index (κ3) is 2.33. The molecule has 0 saturated heterocycles. The van der Waals surface area contributed by atoms with Crippen molar-refractivity contribution in [3.8, 4) is 5.75 Å². The zero-order valence-electron chi connectivity index (χ0n) is 12.2. The van der Waals surface area contributed by atoms with Gasteiger partial charge in [0.15, 0.2) is 0 Å². The van der Waals surface area contributed by atoms with Crippen LogP contribution in [0.1, 0.15) is 12.5 Å². The molecular formula is C17H18N2O2. The molecule has 4 nitrogen and oxygen atoms in total. The summed E-state index contributed by atoms with van der Waals surface area (Å²) < 4.78 is 8.79. The van der Waals surface area contributed by atoms with E-state index in [1.165, 1.54) is 0 Å². The minimum atomic E-state index is 0.0366. The molecule has 3 rings (SSSR count). The predicted molar refractivity (Wildman–Crippen MR) is 84.0 cm³/mol. The predicted octanol–water partition coefficient (Wildman–Crippen LogP) is 2.88. The highest BCUT2D eigenvalue weighted by atomic mass is 16.5. The SMILES string of the molecule is CCn1c(=O)n(Cc2ccc(OC)cc2)c2ccccc21. The Balaban J connectivity index is 2.07. The highest BCUT2D eigenvalue weighted by Gasteiger charge is 2.11. The number of benzene rings is 2. The Hall–Kier alpha value is -2.49. The van der Waals surface area contributed by atoms with Gasteiger partial charge in [0, 0.05) is 6.54 Å². The third-order valence-corrected chi connectivity index (χ3v) is 3.74. The maximum absolute atomic E-state index is 12.5. The minimum Gasteiger partial charge on any atom is -0.497 e. The van der Waals surface area contributed by atoms with Gasteiger partial charge in [-0.25, -0.2) is 4.79 Å². The maximum Gasteiger partial charge on any atom is 0.329 e. The van der Waals surface area contributed by atoms with E-state index in [2.05, 4.69) is 0 Å². The van der Waals surface area contributed by atoms with E-state index in [0.29, 0.717) is 13.1 Å². The van der Waals surface area contributed by atoms with E-state index in [1.807, 2.05) is 60.0 Å². The van der Waals surface area contributed by atoms with Gasteiger partial charge in [-0.15, -0.1) is 0 Å². The zero-order chi connectivity index (χ0) is 14.8. The van der Waals surface area contributed by atoms with Gasteiger partial charge >= 0.3 is 5.69 Å². The molecule has 0 N–H and O–H groups in total. The molecule has 0 aliphatic carbocycles. The van der Waals surface area contributed by atoms with Crippen molar-refractivity contribution >= 4 is 11.0 Å². The number of methoxy groups -OCH3 is 1. The van der Waals surface area contributed by atoms with E-state index in [0.717, 1.165) is 22.3 Å². The van der Waals surface area contributed by atoms with Crippen molar-refractivity contribution in [3.05, 3.63) is 64.6 Å². The Bertz CT molecular complexity index is 813. The number of hydrogen-bond acceptors (Lipinski definition) is 2. The molecule has 108 valence electrons. The van der Waals surface area contributed by atoms with Crippen molar-refractivity contribution < 1.29 is 4.74 Å². The summed E-state index contributed by atoms with van der Waals surface area (Å²) in [5.41, 5.74) is 3.07. The first kappa shape index (κ1) is 13.5. The number of hydrogen-bond donors (Lipinski definition) is 0. The van der Waals surface area contributed by atoms with Gasteiger partial charge in [-0.05, 0) is 36.8 Å². The van der Waals surface area contributed by atoms with E-state index in [9.17, 15) is 4.79 Å². The van der Waals surface area contributed by atoms with Crippen molar-refractivity contribution in [1.29, 1.82) is 0 Å². The smallest absolute Gasteiger partial charge is 0.329 e. The molecule has 4 heteroatoms. The summed E-state index contributed by atoms with van der Waals surface area (Å²) in [6.07, 6.45) is 0. The van der Waals surface area contributed by atoms with Crippen LogP contribution in [0.25, 0.3) is 11.0 Å². The average molecular weight is 282 g/mol. The summed E-state index contributed by atoms with van der Waals surface area (Å²) in [4.78, 5) is 12.5. The first-order valence-corrected chi connectivity index (χ1v) is 7.05. The summed E-state index contributed by atoms with van der Waals surface area (Å²) in [5.74, 6) is 0.821. The lowest BCUT2D eigenvalue weighted by molar-refractivity contribution is 0.414. The van der Waals surface area contributed by atoms with Crippen LogP contribution in [0.15, 0.2) is 53.3 Å². The number of nitrogens with zero attached hydrogens (tertiary/aromatic N) is 2. The number of rotatable bonds is 4. The topological polar surface area (TPSA) is 36.2 Å². The number of ether oxygens (including phenoxy) is 1. The molecule has 0 saturated carbocycles. The monoisotopic (exact) mass is 282 g/mol. The van der Waals surface area contributed by atoms with E-state index in [1.54, 1.807) is 11.7 Å². The van der Waals surface area contributed by atoms with Crippen LogP contribution in [0.4, 0.5) is 0 Å². The largest absolute Gasteiger partial charge is 0.497 e. The van der Waals surface area contributed by atoms with Crippen LogP contribution in [-0.2, 0) is 13.1 Å². The molecule has 0 bridgehead atoms. The van der Waals surface area contributed by atoms with Crippen LogP contribution in [-0.4, -0.2) is 16.2 Å². The molecule has 0 amide bonds. The number of para-hydroxylation sites is 2. The van der Waals surface area contributed by atoms with Crippen LogP contribution in [0.2, 0.25) is 0 Å². The molecular weight excluding hydrogens is 264 g/mol. The fourth-order valence-electron chi connectivity index (χ4n) is 2.64. The van der Waals surface area contributed by atoms with E-state index in [4.69, 9.17) is 4.74 Å². The average Bonchev–Trinajstić information content (AvgIpc) is 2.80. The standard InChI is InChI=1S/C17H18N2O2/c1-3-18-15-6-4-5-7-16(15)19(17(18)20)12-13-8-10-14(21-2)11-9-13/h4-11H,3,12H2,1-2H3. The van der Waals surface area contributed by atoms with Crippen molar-refractivity contribution in [2.75, 3.05) is 7.11 Å². The Labute approximate surface area is 123 Å². The van der Waals surface area contributed by atoms with Crippen LogP contribution in [0, 0.1) is 0 Å². The lowest BCUT2D eigenvalue weighted by Crippen LogP contribution is -2.24. The van der Waals surface area contributed by atoms with Crippen molar-refractivity contribution in [3.63, 3.8) is 0 Å². The summed E-state index contributed by atoms with van der Waals surface area (Å²) in [5, 5.41) is 0. The van der Waals surface area contributed by atoms with E-state index >= 15 is 0 Å². The van der Waals surface area contributed by atoms with Crippen LogP contribution in [0.5, 0.6) is 5.75 Å². The molecule has 0 aliphatic heterocycles. The van der Waals surface area contributed by atoms with Gasteiger partial charge in [-0.1, -0.05) is 24.3 Å². The molecule has 21 heavy (non-hydrogen) atoms. The van der Waals surface area contributed by atoms with Crippen LogP contribution < -0.4 is 10.4 Å². The first-order valence-electron chi connectivity index (χ1n) is 7.05. The Kier molecular flexibility index (Phi) is 3.52. The van der Waals surface area contributed by atoms with Gasteiger partial charge in [0.25, 0.3) is 0 Å². The normalized spacial score (nSPS) is 11.0. The highest BCUT2D eigenvalue weighted by molar-refractivity contribution is 5.76. The van der Waals surface area contributed by atoms with Gasteiger partial charge in [0.2, 0.25) is 0 Å². The minimum absolute atomic E-state index is 0.0366. The molecule has 0 spiro atoms. The van der Waals surface area contributed by atoms with Gasteiger partial charge < -0.3 is 4.74 Å². The molecule has 0 radical (unpaired) electrons.